The number of nitrogens with two attached hydrogens (primary N) is 1. The maximum Gasteiger partial charge on any atom is 0.344 e. The Hall–Kier alpha value is -2.97. The van der Waals surface area contributed by atoms with Crippen LogP contribution >= 0.6 is 23.4 Å². The first-order chi connectivity index (χ1) is 13.5. The minimum Gasteiger partial charge on any atom is -0.505 e. The number of phenolic OH excluding ortho intramolecular Hbond substituents is 1. The molecule has 0 aliphatic rings. The van der Waals surface area contributed by atoms with Crippen molar-refractivity contribution in [3.05, 3.63) is 47.4 Å². The van der Waals surface area contributed by atoms with Crippen LogP contribution in [0.15, 0.2) is 51.0 Å². The first-order valence-electron chi connectivity index (χ1n) is 8.28. The van der Waals surface area contributed by atoms with E-state index in [1.807, 2.05) is 6.07 Å². The van der Waals surface area contributed by atoms with Gasteiger partial charge in [-0.2, -0.15) is 0 Å². The molecule has 28 heavy (non-hydrogen) atoms. The van der Waals surface area contributed by atoms with Gasteiger partial charge in [-0.25, -0.2) is 14.8 Å². The third kappa shape index (κ3) is 3.00. The fourth-order valence-corrected chi connectivity index (χ4v) is 4.23. The van der Waals surface area contributed by atoms with Crippen molar-refractivity contribution in [2.75, 3.05) is 12.3 Å². The second-order valence-electron chi connectivity index (χ2n) is 5.79. The summed E-state index contributed by atoms with van der Waals surface area (Å²) in [7, 11) is 0. The number of phenols is 1. The number of anilines is 1. The molecule has 2 aromatic carbocycles. The zero-order chi connectivity index (χ0) is 19.8. The van der Waals surface area contributed by atoms with Crippen molar-refractivity contribution in [1.29, 1.82) is 0 Å². The third-order valence-corrected chi connectivity index (χ3v) is 5.38. The lowest BCUT2D eigenvalue weighted by atomic mass is 10.1. The van der Waals surface area contributed by atoms with Crippen molar-refractivity contribution in [1.82, 2.24) is 9.97 Å². The molecule has 2 aromatic heterocycles. The number of fused-ring (bicyclic) bond motifs is 3. The molecule has 7 nitrogen and oxygen atoms in total. The second-order valence-corrected chi connectivity index (χ2v) is 7.31. The number of ether oxygens (including phenoxy) is 1. The van der Waals surface area contributed by atoms with Crippen molar-refractivity contribution in [3.8, 4) is 5.75 Å². The van der Waals surface area contributed by atoms with Gasteiger partial charge >= 0.3 is 5.97 Å². The molecule has 0 saturated heterocycles. The van der Waals surface area contributed by atoms with E-state index in [0.717, 1.165) is 4.90 Å². The number of nitrogens with zero attached hydrogens (tertiary/aromatic N) is 2. The topological polar surface area (TPSA) is 111 Å². The molecule has 142 valence electrons. The third-order valence-electron chi connectivity index (χ3n) is 4.05. The van der Waals surface area contributed by atoms with E-state index in [2.05, 4.69) is 9.97 Å². The van der Waals surface area contributed by atoms with E-state index in [0.29, 0.717) is 26.3 Å². The lowest BCUT2D eigenvalue weighted by molar-refractivity contribution is 0.0529. The van der Waals surface area contributed by atoms with Crippen molar-refractivity contribution >= 4 is 57.1 Å². The van der Waals surface area contributed by atoms with Gasteiger partial charge in [0.15, 0.2) is 5.75 Å². The van der Waals surface area contributed by atoms with Gasteiger partial charge in [-0.1, -0.05) is 29.4 Å². The molecular formula is C19H14ClN3O4S. The highest BCUT2D eigenvalue weighted by Crippen LogP contribution is 2.48. The molecule has 0 atom stereocenters. The first kappa shape index (κ1) is 18.4. The lowest BCUT2D eigenvalue weighted by Gasteiger charge is -2.10. The predicted octanol–water partition coefficient (Wildman–Crippen LogP) is 4.65. The number of aromatic hydroxyl groups is 1. The molecule has 0 spiro atoms. The number of hydrogen-bond acceptors (Lipinski definition) is 8. The number of furan rings is 1. The molecule has 0 unspecified atom stereocenters. The Labute approximate surface area is 168 Å². The summed E-state index contributed by atoms with van der Waals surface area (Å²) in [6, 6.07) is 7.11. The summed E-state index contributed by atoms with van der Waals surface area (Å²) < 4.78 is 10.8. The Bertz CT molecular complexity index is 1220. The molecule has 9 heteroatoms. The fraction of sp³-hybridized carbons (Fsp3) is 0.105. The van der Waals surface area contributed by atoms with Crippen LogP contribution in [0.2, 0.25) is 5.02 Å². The molecule has 3 N–H and O–H groups in total. The summed E-state index contributed by atoms with van der Waals surface area (Å²) in [6.45, 7) is 1.86. The van der Waals surface area contributed by atoms with Gasteiger partial charge < -0.3 is 20.0 Å². The molecule has 2 heterocycles. The lowest BCUT2D eigenvalue weighted by Crippen LogP contribution is -2.06. The van der Waals surface area contributed by atoms with Crippen molar-refractivity contribution in [2.45, 2.75) is 16.7 Å². The summed E-state index contributed by atoms with van der Waals surface area (Å²) in [6.07, 6.45) is 2.82. The number of carbonyl (C=O) groups is 1. The predicted molar refractivity (Wildman–Crippen MR) is 107 cm³/mol. The van der Waals surface area contributed by atoms with Crippen LogP contribution < -0.4 is 5.73 Å². The maximum atomic E-state index is 12.5. The van der Waals surface area contributed by atoms with Gasteiger partial charge in [-0.05, 0) is 25.1 Å². The van der Waals surface area contributed by atoms with Crippen LogP contribution in [0.25, 0.3) is 21.9 Å². The van der Waals surface area contributed by atoms with Crippen molar-refractivity contribution in [2.24, 2.45) is 0 Å². The van der Waals surface area contributed by atoms with E-state index in [1.54, 1.807) is 25.1 Å². The molecule has 0 bridgehead atoms. The van der Waals surface area contributed by atoms with Gasteiger partial charge in [-0.3, -0.25) is 0 Å². The van der Waals surface area contributed by atoms with E-state index in [9.17, 15) is 9.90 Å². The number of rotatable bonds is 4. The molecule has 0 amide bonds. The highest BCUT2D eigenvalue weighted by Gasteiger charge is 2.28. The van der Waals surface area contributed by atoms with E-state index in [-0.39, 0.29) is 29.3 Å². The van der Waals surface area contributed by atoms with E-state index >= 15 is 0 Å². The van der Waals surface area contributed by atoms with Gasteiger partial charge in [0.1, 0.15) is 23.0 Å². The standard InChI is InChI=1S/C19H14ClN3O4S/c1-2-26-19(25)13-12-16(27-18(13)21)11-7-22-8-23-14(11)15(24)17(12)28-10-5-3-4-9(20)6-10/h3-8,24H,2,21H2,1H3. The Kier molecular flexibility index (Phi) is 4.74. The molecule has 0 fully saturated rings. The van der Waals surface area contributed by atoms with Crippen molar-refractivity contribution < 1.29 is 19.1 Å². The van der Waals surface area contributed by atoms with Gasteiger partial charge in [0.25, 0.3) is 0 Å². The van der Waals surface area contributed by atoms with Gasteiger partial charge in [0.2, 0.25) is 5.88 Å². The van der Waals surface area contributed by atoms with Crippen LogP contribution in [-0.2, 0) is 4.74 Å². The van der Waals surface area contributed by atoms with Gasteiger partial charge in [0.05, 0.1) is 22.3 Å². The van der Waals surface area contributed by atoms with Crippen LogP contribution in [-0.4, -0.2) is 27.7 Å². The van der Waals surface area contributed by atoms with E-state index in [1.165, 1.54) is 24.3 Å². The Morgan fingerprint density at radius 1 is 1.43 bits per heavy atom. The van der Waals surface area contributed by atoms with Gasteiger partial charge in [-0.15, -0.1) is 0 Å². The smallest absolute Gasteiger partial charge is 0.344 e. The molecule has 4 aromatic rings. The van der Waals surface area contributed by atoms with Crippen LogP contribution in [0.1, 0.15) is 17.3 Å². The van der Waals surface area contributed by atoms with E-state index in [4.69, 9.17) is 26.5 Å². The molecule has 0 aliphatic heterocycles. The number of benzene rings is 2. The zero-order valence-electron chi connectivity index (χ0n) is 14.6. The number of esters is 1. The number of carbonyl (C=O) groups excluding carboxylic acids is 1. The first-order valence-corrected chi connectivity index (χ1v) is 9.47. The number of aromatic nitrogens is 2. The molecular weight excluding hydrogens is 402 g/mol. The fourth-order valence-electron chi connectivity index (χ4n) is 2.92. The SMILES string of the molecule is CCOC(=O)c1c(N)oc2c1c(Sc1cccc(Cl)c1)c(O)c1ncncc12. The number of nitrogen functional groups attached to an aromatic ring is 1. The molecule has 0 saturated carbocycles. The largest absolute Gasteiger partial charge is 0.505 e. The normalized spacial score (nSPS) is 11.2. The van der Waals surface area contributed by atoms with Crippen molar-refractivity contribution in [3.63, 3.8) is 0 Å². The number of halogens is 1. The quantitative estimate of drug-likeness (QED) is 0.463. The minimum absolute atomic E-state index is 0.0578. The second kappa shape index (κ2) is 7.21. The monoisotopic (exact) mass is 415 g/mol. The van der Waals surface area contributed by atoms with Gasteiger partial charge in [0, 0.05) is 16.1 Å². The summed E-state index contributed by atoms with van der Waals surface area (Å²) in [5.74, 6) is -0.847. The molecule has 4 rings (SSSR count). The Morgan fingerprint density at radius 2 is 2.25 bits per heavy atom. The van der Waals surface area contributed by atoms with Crippen LogP contribution in [0.3, 0.4) is 0 Å². The molecule has 0 aliphatic carbocycles. The zero-order valence-corrected chi connectivity index (χ0v) is 16.2. The highest BCUT2D eigenvalue weighted by atomic mass is 35.5. The summed E-state index contributed by atoms with van der Waals surface area (Å²) in [5, 5.41) is 12.3. The summed E-state index contributed by atoms with van der Waals surface area (Å²) in [4.78, 5) is 21.8. The van der Waals surface area contributed by atoms with E-state index < -0.39 is 5.97 Å². The Balaban J connectivity index is 2.07. The average Bonchev–Trinajstić information content (AvgIpc) is 3.02. The highest BCUT2D eigenvalue weighted by molar-refractivity contribution is 7.99. The minimum atomic E-state index is -0.637. The average molecular weight is 416 g/mol. The van der Waals surface area contributed by atoms with Crippen LogP contribution in [0.5, 0.6) is 5.75 Å². The summed E-state index contributed by atoms with van der Waals surface area (Å²) in [5.41, 5.74) is 6.64. The number of hydrogen-bond donors (Lipinski definition) is 2. The van der Waals surface area contributed by atoms with Crippen LogP contribution in [0, 0.1) is 0 Å². The summed E-state index contributed by atoms with van der Waals surface area (Å²) >= 11 is 7.30. The Morgan fingerprint density at radius 3 is 3.00 bits per heavy atom. The molecule has 0 radical (unpaired) electrons. The van der Waals surface area contributed by atoms with Crippen LogP contribution in [0.4, 0.5) is 5.88 Å². The maximum absolute atomic E-state index is 12.5.